The first-order valence-corrected chi connectivity index (χ1v) is 8.30. The number of hydrogen-bond acceptors (Lipinski definition) is 4. The molecule has 1 aliphatic rings. The average molecular weight is 302 g/mol. The highest BCUT2D eigenvalue weighted by Gasteiger charge is 2.35. The van der Waals surface area contributed by atoms with Gasteiger partial charge in [-0.05, 0) is 54.0 Å². The SMILES string of the molecule is COc1ccc2c(c1)C(CN)(NCc1cccs1)CCC2. The first kappa shape index (κ1) is 14.6. The highest BCUT2D eigenvalue weighted by atomic mass is 32.1. The Morgan fingerprint density at radius 2 is 2.29 bits per heavy atom. The number of nitrogens with two attached hydrogens (primary N) is 1. The number of hydrogen-bond donors (Lipinski definition) is 2. The van der Waals surface area contributed by atoms with Crippen molar-refractivity contribution < 1.29 is 4.74 Å². The van der Waals surface area contributed by atoms with Gasteiger partial charge in [-0.1, -0.05) is 12.1 Å². The minimum absolute atomic E-state index is 0.133. The van der Waals surface area contributed by atoms with Gasteiger partial charge in [-0.25, -0.2) is 0 Å². The van der Waals surface area contributed by atoms with Crippen molar-refractivity contribution in [2.24, 2.45) is 5.73 Å². The van der Waals surface area contributed by atoms with Gasteiger partial charge in [0.2, 0.25) is 0 Å². The van der Waals surface area contributed by atoms with Crippen molar-refractivity contribution in [2.75, 3.05) is 13.7 Å². The summed E-state index contributed by atoms with van der Waals surface area (Å²) in [6.45, 7) is 1.48. The molecule has 0 radical (unpaired) electrons. The van der Waals surface area contributed by atoms with Crippen LogP contribution in [-0.2, 0) is 18.5 Å². The lowest BCUT2D eigenvalue weighted by Crippen LogP contribution is -2.50. The third-order valence-corrected chi connectivity index (χ3v) is 5.29. The number of thiophene rings is 1. The van der Waals surface area contributed by atoms with Crippen molar-refractivity contribution in [3.05, 3.63) is 51.7 Å². The Balaban J connectivity index is 1.91. The Labute approximate surface area is 130 Å². The molecule has 1 aliphatic carbocycles. The second-order valence-electron chi connectivity index (χ2n) is 5.60. The standard InChI is InChI=1S/C17H22N2OS/c1-20-14-7-6-13-4-2-8-17(12-18,16(13)10-14)19-11-15-5-3-9-21-15/h3,5-7,9-10,19H,2,4,8,11-12,18H2,1H3. The van der Waals surface area contributed by atoms with E-state index in [0.717, 1.165) is 25.1 Å². The number of methoxy groups -OCH3 is 1. The second-order valence-corrected chi connectivity index (χ2v) is 6.63. The molecule has 0 saturated heterocycles. The van der Waals surface area contributed by atoms with Crippen molar-refractivity contribution >= 4 is 11.3 Å². The van der Waals surface area contributed by atoms with Crippen molar-refractivity contribution in [1.29, 1.82) is 0 Å². The average Bonchev–Trinajstić information content (AvgIpc) is 3.06. The molecule has 0 bridgehead atoms. The van der Waals surface area contributed by atoms with Crippen LogP contribution in [0.1, 0.15) is 28.8 Å². The summed E-state index contributed by atoms with van der Waals surface area (Å²) in [7, 11) is 1.72. The van der Waals surface area contributed by atoms with Gasteiger partial charge in [0.25, 0.3) is 0 Å². The zero-order chi connectivity index (χ0) is 14.7. The Kier molecular flexibility index (Phi) is 4.29. The highest BCUT2D eigenvalue weighted by Crippen LogP contribution is 2.37. The first-order valence-electron chi connectivity index (χ1n) is 7.42. The molecule has 4 heteroatoms. The Morgan fingerprint density at radius 3 is 3.00 bits per heavy atom. The molecule has 1 heterocycles. The van der Waals surface area contributed by atoms with E-state index in [2.05, 4.69) is 35.0 Å². The van der Waals surface area contributed by atoms with E-state index in [1.54, 1.807) is 18.4 Å². The zero-order valence-electron chi connectivity index (χ0n) is 12.4. The van der Waals surface area contributed by atoms with Crippen LogP contribution in [0.15, 0.2) is 35.7 Å². The van der Waals surface area contributed by atoms with Crippen LogP contribution in [-0.4, -0.2) is 13.7 Å². The summed E-state index contributed by atoms with van der Waals surface area (Å²) in [5.74, 6) is 0.909. The Hall–Kier alpha value is -1.36. The fourth-order valence-corrected chi connectivity index (χ4v) is 3.84. The minimum atomic E-state index is -0.133. The molecule has 0 spiro atoms. The lowest BCUT2D eigenvalue weighted by atomic mass is 9.76. The molecule has 1 unspecified atom stereocenters. The van der Waals surface area contributed by atoms with Gasteiger partial charge >= 0.3 is 0 Å². The highest BCUT2D eigenvalue weighted by molar-refractivity contribution is 7.09. The summed E-state index contributed by atoms with van der Waals surface area (Å²) in [6.07, 6.45) is 3.38. The Bertz CT molecular complexity index is 597. The van der Waals surface area contributed by atoms with E-state index in [9.17, 15) is 0 Å². The molecule has 1 atom stereocenters. The van der Waals surface area contributed by atoms with Gasteiger partial charge < -0.3 is 15.8 Å². The van der Waals surface area contributed by atoms with Gasteiger partial charge in [0.05, 0.1) is 12.6 Å². The molecule has 21 heavy (non-hydrogen) atoms. The van der Waals surface area contributed by atoms with Crippen LogP contribution in [0.4, 0.5) is 0 Å². The van der Waals surface area contributed by atoms with E-state index in [0.29, 0.717) is 6.54 Å². The van der Waals surface area contributed by atoms with E-state index < -0.39 is 0 Å². The maximum atomic E-state index is 6.18. The zero-order valence-corrected chi connectivity index (χ0v) is 13.2. The van der Waals surface area contributed by atoms with Crippen molar-refractivity contribution in [1.82, 2.24) is 5.32 Å². The molecule has 0 saturated carbocycles. The largest absolute Gasteiger partial charge is 0.497 e. The van der Waals surface area contributed by atoms with Gasteiger partial charge in [0, 0.05) is 18.0 Å². The maximum absolute atomic E-state index is 6.18. The topological polar surface area (TPSA) is 47.3 Å². The molecule has 1 aromatic carbocycles. The molecule has 3 N–H and O–H groups in total. The van der Waals surface area contributed by atoms with Gasteiger partial charge in [-0.2, -0.15) is 0 Å². The fourth-order valence-electron chi connectivity index (χ4n) is 3.20. The van der Waals surface area contributed by atoms with Crippen molar-refractivity contribution in [3.8, 4) is 5.75 Å². The Morgan fingerprint density at radius 1 is 1.38 bits per heavy atom. The number of ether oxygens (including phenoxy) is 1. The van der Waals surface area contributed by atoms with Crippen molar-refractivity contribution in [2.45, 2.75) is 31.3 Å². The predicted octanol–water partition coefficient (Wildman–Crippen LogP) is 3.04. The summed E-state index contributed by atoms with van der Waals surface area (Å²) in [4.78, 5) is 1.35. The van der Waals surface area contributed by atoms with Gasteiger partial charge in [-0.15, -0.1) is 11.3 Å². The van der Waals surface area contributed by atoms with Crippen LogP contribution in [0, 0.1) is 0 Å². The molecule has 1 aromatic heterocycles. The molecule has 2 aromatic rings. The monoisotopic (exact) mass is 302 g/mol. The molecule has 0 fully saturated rings. The van der Waals surface area contributed by atoms with E-state index in [4.69, 9.17) is 10.5 Å². The van der Waals surface area contributed by atoms with Gasteiger partial charge in [0.1, 0.15) is 5.75 Å². The number of aryl methyl sites for hydroxylation is 1. The number of rotatable bonds is 5. The van der Waals surface area contributed by atoms with Crippen LogP contribution in [0.25, 0.3) is 0 Å². The normalized spacial score (nSPS) is 21.0. The minimum Gasteiger partial charge on any atom is -0.497 e. The lowest BCUT2D eigenvalue weighted by molar-refractivity contribution is 0.289. The van der Waals surface area contributed by atoms with Gasteiger partial charge in [0.15, 0.2) is 0 Å². The molecule has 3 rings (SSSR count). The molecule has 112 valence electrons. The molecular weight excluding hydrogens is 280 g/mol. The van der Waals surface area contributed by atoms with Crippen LogP contribution in [0.3, 0.4) is 0 Å². The summed E-state index contributed by atoms with van der Waals surface area (Å²) >= 11 is 1.78. The molecule has 0 aliphatic heterocycles. The molecule has 3 nitrogen and oxygen atoms in total. The first-order chi connectivity index (χ1) is 10.3. The third kappa shape index (κ3) is 2.84. The quantitative estimate of drug-likeness (QED) is 0.892. The lowest BCUT2D eigenvalue weighted by Gasteiger charge is -2.39. The summed E-state index contributed by atoms with van der Waals surface area (Å²) in [5.41, 5.74) is 8.76. The van der Waals surface area contributed by atoms with Crippen LogP contribution in [0.2, 0.25) is 0 Å². The van der Waals surface area contributed by atoms with Crippen molar-refractivity contribution in [3.63, 3.8) is 0 Å². The number of fused-ring (bicyclic) bond motifs is 1. The predicted molar refractivity (Wildman–Crippen MR) is 87.8 cm³/mol. The van der Waals surface area contributed by atoms with E-state index in [-0.39, 0.29) is 5.54 Å². The van der Waals surface area contributed by atoms with Crippen LogP contribution >= 0.6 is 11.3 Å². The summed E-state index contributed by atoms with van der Waals surface area (Å²) in [6, 6.07) is 10.6. The number of nitrogens with one attached hydrogen (secondary N) is 1. The van der Waals surface area contributed by atoms with E-state index in [1.165, 1.54) is 22.4 Å². The fraction of sp³-hybridized carbons (Fsp3) is 0.412. The molecule has 0 amide bonds. The smallest absolute Gasteiger partial charge is 0.119 e. The summed E-state index contributed by atoms with van der Waals surface area (Å²) < 4.78 is 5.40. The molecular formula is C17H22N2OS. The number of benzene rings is 1. The van der Waals surface area contributed by atoms with Gasteiger partial charge in [-0.3, -0.25) is 0 Å². The van der Waals surface area contributed by atoms with E-state index in [1.807, 2.05) is 6.07 Å². The van der Waals surface area contributed by atoms with Crippen LogP contribution in [0.5, 0.6) is 5.75 Å². The van der Waals surface area contributed by atoms with Crippen LogP contribution < -0.4 is 15.8 Å². The maximum Gasteiger partial charge on any atom is 0.119 e. The summed E-state index contributed by atoms with van der Waals surface area (Å²) in [5, 5.41) is 5.84. The van der Waals surface area contributed by atoms with E-state index >= 15 is 0 Å². The third-order valence-electron chi connectivity index (χ3n) is 4.41. The second kappa shape index (κ2) is 6.18.